The zero-order valence-corrected chi connectivity index (χ0v) is 31.0. The number of esters is 2. The Morgan fingerprint density at radius 3 is 1.43 bits per heavy atom. The van der Waals surface area contributed by atoms with E-state index in [0.29, 0.717) is 12.8 Å². The number of nitrogens with zero attached hydrogens (tertiary/aromatic N) is 1. The van der Waals surface area contributed by atoms with Crippen molar-refractivity contribution in [3.8, 4) is 0 Å². The molecular weight excluding hydrogens is 605 g/mol. The highest BCUT2D eigenvalue weighted by atomic mass is 31.2. The number of likely N-dealkylation sites (N-methyl/N-ethyl adjacent to an activating group) is 1. The summed E-state index contributed by atoms with van der Waals surface area (Å²) < 4.78 is 64.2. The lowest BCUT2D eigenvalue weighted by Gasteiger charge is -2.28. The predicted molar refractivity (Wildman–Crippen MR) is 185 cm³/mol. The first kappa shape index (κ1) is 37.8. The number of quaternary nitrogens is 1. The summed E-state index contributed by atoms with van der Waals surface area (Å²) >= 11 is 0. The lowest BCUT2D eigenvalue weighted by Crippen LogP contribution is -2.37. The summed E-state index contributed by atoms with van der Waals surface area (Å²) in [6.07, 6.45) is 23.9. The van der Waals surface area contributed by atoms with Gasteiger partial charge in [-0.25, -0.2) is 0 Å². The van der Waals surface area contributed by atoms with E-state index >= 15 is 0 Å². The fourth-order valence-electron chi connectivity index (χ4n) is 4.90. The highest BCUT2D eigenvalue weighted by molar-refractivity contribution is 7.45. The molecule has 10 heteroatoms. The van der Waals surface area contributed by atoms with Gasteiger partial charge in [0, 0.05) is 12.8 Å². The van der Waals surface area contributed by atoms with Crippen molar-refractivity contribution < 1.29 is 47.5 Å². The van der Waals surface area contributed by atoms with E-state index in [-0.39, 0.29) is 12.8 Å². The molecular formula is C36H72NO8P. The summed E-state index contributed by atoms with van der Waals surface area (Å²) in [4.78, 5) is 37.6. The molecule has 0 N–H and O–H groups in total. The van der Waals surface area contributed by atoms with Crippen molar-refractivity contribution in [1.29, 1.82) is 0 Å². The molecule has 0 saturated heterocycles. The van der Waals surface area contributed by atoms with Gasteiger partial charge in [0.15, 0.2) is 6.10 Å². The van der Waals surface area contributed by atoms with Crippen LogP contribution in [0.3, 0.4) is 0 Å². The minimum Gasteiger partial charge on any atom is -0.756 e. The SMILES string of the molecule is [2H]C([2H])(OP(=O)([O-])OC[C@@H](COC(=O)CCCCCCCCCCCCC)OC(=O)CCCCCCCCCCCCC)C([2H])([2H])[N+](C)(C)C. The van der Waals surface area contributed by atoms with E-state index in [0.717, 1.165) is 38.5 Å². The van der Waals surface area contributed by atoms with Gasteiger partial charge < -0.3 is 27.9 Å². The van der Waals surface area contributed by atoms with Crippen LogP contribution in [0, 0.1) is 0 Å². The van der Waals surface area contributed by atoms with E-state index in [4.69, 9.17) is 19.5 Å². The van der Waals surface area contributed by atoms with Crippen molar-refractivity contribution in [2.45, 2.75) is 174 Å². The maximum absolute atomic E-state index is 12.6. The van der Waals surface area contributed by atoms with Crippen molar-refractivity contribution in [2.75, 3.05) is 47.4 Å². The summed E-state index contributed by atoms with van der Waals surface area (Å²) in [5, 5.41) is 0. The lowest BCUT2D eigenvalue weighted by atomic mass is 10.1. The highest BCUT2D eigenvalue weighted by Gasteiger charge is 2.21. The van der Waals surface area contributed by atoms with Crippen molar-refractivity contribution in [3.63, 3.8) is 0 Å². The van der Waals surface area contributed by atoms with Crippen LogP contribution in [0.5, 0.6) is 0 Å². The molecule has 0 amide bonds. The third kappa shape index (κ3) is 32.9. The smallest absolute Gasteiger partial charge is 0.306 e. The average Bonchev–Trinajstić information content (AvgIpc) is 3.02. The molecule has 9 nitrogen and oxygen atoms in total. The van der Waals surface area contributed by atoms with E-state index in [1.54, 1.807) is 0 Å². The quantitative estimate of drug-likeness (QED) is 0.0286. The predicted octanol–water partition coefficient (Wildman–Crippen LogP) is 9.05. The van der Waals surface area contributed by atoms with Crippen LogP contribution in [0.2, 0.25) is 0 Å². The molecule has 274 valence electrons. The first-order valence-electron chi connectivity index (χ1n) is 20.3. The normalized spacial score (nSPS) is 15.7. The Bertz CT molecular complexity index is 936. The Balaban J connectivity index is 4.83. The molecule has 0 aromatic heterocycles. The maximum Gasteiger partial charge on any atom is 0.306 e. The molecule has 0 aromatic rings. The Labute approximate surface area is 288 Å². The fourth-order valence-corrected chi connectivity index (χ4v) is 5.45. The van der Waals surface area contributed by atoms with E-state index in [9.17, 15) is 19.0 Å². The molecule has 0 heterocycles. The van der Waals surface area contributed by atoms with Gasteiger partial charge in [-0.1, -0.05) is 142 Å². The Morgan fingerprint density at radius 2 is 1.02 bits per heavy atom. The highest BCUT2D eigenvalue weighted by Crippen LogP contribution is 2.38. The summed E-state index contributed by atoms with van der Waals surface area (Å²) in [7, 11) is -1.36. The van der Waals surface area contributed by atoms with E-state index in [2.05, 4.69) is 18.4 Å². The first-order chi connectivity index (χ1) is 23.5. The summed E-state index contributed by atoms with van der Waals surface area (Å²) in [6.45, 7) is -2.83. The van der Waals surface area contributed by atoms with Crippen LogP contribution in [0.15, 0.2) is 0 Å². The van der Waals surface area contributed by atoms with Crippen LogP contribution in [-0.4, -0.2) is 69.9 Å². The monoisotopic (exact) mass is 682 g/mol. The van der Waals surface area contributed by atoms with Gasteiger partial charge in [0.2, 0.25) is 0 Å². The summed E-state index contributed by atoms with van der Waals surface area (Å²) in [6, 6.07) is 0. The second kappa shape index (κ2) is 30.1. The second-order valence-electron chi connectivity index (χ2n) is 13.4. The van der Waals surface area contributed by atoms with Crippen LogP contribution in [-0.2, 0) is 32.7 Å². The van der Waals surface area contributed by atoms with Gasteiger partial charge in [0.05, 0.1) is 33.2 Å². The first-order valence-corrected chi connectivity index (χ1v) is 19.8. The van der Waals surface area contributed by atoms with Crippen LogP contribution in [0.4, 0.5) is 0 Å². The Hall–Kier alpha value is -0.990. The molecule has 0 spiro atoms. The van der Waals surface area contributed by atoms with Crippen molar-refractivity contribution in [2.24, 2.45) is 0 Å². The van der Waals surface area contributed by atoms with Gasteiger partial charge in [0.25, 0.3) is 7.82 Å². The molecule has 0 fully saturated rings. The average molecular weight is 682 g/mol. The van der Waals surface area contributed by atoms with Gasteiger partial charge in [0.1, 0.15) is 19.7 Å². The van der Waals surface area contributed by atoms with Gasteiger partial charge in [-0.05, 0) is 12.8 Å². The molecule has 0 bridgehead atoms. The van der Waals surface area contributed by atoms with Crippen LogP contribution in [0.25, 0.3) is 0 Å². The number of ether oxygens (including phenoxy) is 2. The number of hydrogen-bond donors (Lipinski definition) is 0. The van der Waals surface area contributed by atoms with Gasteiger partial charge >= 0.3 is 11.9 Å². The molecule has 0 aliphatic heterocycles. The molecule has 2 atom stereocenters. The second-order valence-corrected chi connectivity index (χ2v) is 14.8. The largest absolute Gasteiger partial charge is 0.756 e. The summed E-state index contributed by atoms with van der Waals surface area (Å²) in [5.41, 5.74) is 0. The Morgan fingerprint density at radius 1 is 0.630 bits per heavy atom. The maximum atomic E-state index is 12.6. The number of carbonyl (C=O) groups is 2. The van der Waals surface area contributed by atoms with E-state index < -0.39 is 56.6 Å². The fraction of sp³-hybridized carbons (Fsp3) is 0.944. The number of phosphoric acid groups is 1. The van der Waals surface area contributed by atoms with Crippen molar-refractivity contribution >= 4 is 19.8 Å². The van der Waals surface area contributed by atoms with Crippen LogP contribution < -0.4 is 4.89 Å². The van der Waals surface area contributed by atoms with Crippen molar-refractivity contribution in [3.05, 3.63) is 0 Å². The van der Waals surface area contributed by atoms with Gasteiger partial charge in [-0.2, -0.15) is 0 Å². The van der Waals surface area contributed by atoms with Gasteiger partial charge in [-0.3, -0.25) is 14.2 Å². The molecule has 0 saturated carbocycles. The molecule has 1 unspecified atom stereocenters. The topological polar surface area (TPSA) is 111 Å². The minimum atomic E-state index is -5.42. The molecule has 0 aliphatic carbocycles. The molecule has 0 radical (unpaired) electrons. The number of hydrogen-bond acceptors (Lipinski definition) is 8. The Kier molecular flexibility index (Phi) is 24.7. The molecule has 0 rings (SSSR count). The van der Waals surface area contributed by atoms with E-state index in [1.165, 1.54) is 111 Å². The van der Waals surface area contributed by atoms with Gasteiger partial charge in [-0.15, -0.1) is 0 Å². The number of rotatable bonds is 34. The number of phosphoric ester groups is 1. The zero-order valence-electron chi connectivity index (χ0n) is 34.1. The standard InChI is InChI=1S/C36H72NO8P/c1-6-8-10-12-14-16-18-20-22-24-26-28-35(38)42-32-34(33-44-46(40,41)43-31-30-37(3,4)5)45-36(39)29-27-25-23-21-19-17-15-13-11-9-7-2/h34H,6-33H2,1-5H3/t34-/m1/s1/i30D2,31D2. The minimum absolute atomic E-state index is 0.109. The van der Waals surface area contributed by atoms with Crippen LogP contribution >= 0.6 is 7.82 Å². The zero-order chi connectivity index (χ0) is 37.9. The molecule has 46 heavy (non-hydrogen) atoms. The molecule has 0 aliphatic rings. The van der Waals surface area contributed by atoms with Crippen LogP contribution in [0.1, 0.15) is 173 Å². The number of carbonyl (C=O) groups excluding carboxylic acids is 2. The third-order valence-corrected chi connectivity index (χ3v) is 8.43. The third-order valence-electron chi connectivity index (χ3n) is 7.65. The summed E-state index contributed by atoms with van der Waals surface area (Å²) in [5.74, 6) is -1.09. The molecule has 0 aromatic carbocycles. The van der Waals surface area contributed by atoms with Crippen molar-refractivity contribution in [1.82, 2.24) is 0 Å². The van der Waals surface area contributed by atoms with E-state index in [1.807, 2.05) is 0 Å². The lowest BCUT2D eigenvalue weighted by molar-refractivity contribution is -0.870. The number of unbranched alkanes of at least 4 members (excludes halogenated alkanes) is 20.